The minimum Gasteiger partial charge on any atom is -0.212 e. The van der Waals surface area contributed by atoms with E-state index in [9.17, 15) is 0 Å². The molecule has 1 aromatic carbocycles. The minimum absolute atomic E-state index is 0.0601. The van der Waals surface area contributed by atoms with Gasteiger partial charge in [-0.1, -0.05) is 45.0 Å². The Labute approximate surface area is 134 Å². The Morgan fingerprint density at radius 2 is 1.95 bits per heavy atom. The topological polar surface area (TPSA) is 0 Å². The molecule has 0 fully saturated rings. The fraction of sp³-hybridized carbons (Fsp3) is 0.368. The Hall–Kier alpha value is -0.990. The highest BCUT2D eigenvalue weighted by atomic mass is 32.2. The lowest BCUT2D eigenvalue weighted by atomic mass is 10.0. The maximum Gasteiger partial charge on any atom is 0.0345 e. The molecule has 3 rings (SSSR count). The van der Waals surface area contributed by atoms with Crippen LogP contribution in [0.15, 0.2) is 52.1 Å². The summed E-state index contributed by atoms with van der Waals surface area (Å²) < 4.78 is 1.42. The van der Waals surface area contributed by atoms with Gasteiger partial charge in [0.25, 0.3) is 0 Å². The van der Waals surface area contributed by atoms with Crippen LogP contribution in [0, 0.1) is 5.92 Å². The van der Waals surface area contributed by atoms with Crippen LogP contribution < -0.4 is 0 Å². The molecule has 0 bridgehead atoms. The Balaban J connectivity index is 1.74. The zero-order valence-corrected chi connectivity index (χ0v) is 14.8. The Morgan fingerprint density at radius 1 is 1.14 bits per heavy atom. The molecule has 0 radical (unpaired) electrons. The van der Waals surface area contributed by atoms with Crippen molar-refractivity contribution < 1.29 is 0 Å². The van der Waals surface area contributed by atoms with Crippen LogP contribution in [0.5, 0.6) is 0 Å². The number of benzene rings is 1. The first-order chi connectivity index (χ1) is 10.2. The van der Waals surface area contributed by atoms with Gasteiger partial charge in [0.15, 0.2) is 0 Å². The first-order valence-electron chi connectivity index (χ1n) is 7.80. The van der Waals surface area contributed by atoms with Crippen molar-refractivity contribution in [2.24, 2.45) is 5.92 Å². The van der Waals surface area contributed by atoms with Gasteiger partial charge in [-0.15, -0.1) is 11.3 Å². The normalized spacial score (nSPS) is 22.4. The molecule has 2 heterocycles. The molecule has 0 amide bonds. The van der Waals surface area contributed by atoms with Gasteiger partial charge in [0.05, 0.1) is 0 Å². The molecule has 3 atom stereocenters. The second-order valence-corrected chi connectivity index (χ2v) is 8.90. The number of rotatable bonds is 5. The molecule has 1 aliphatic rings. The van der Waals surface area contributed by atoms with Crippen LogP contribution in [0.4, 0.5) is 0 Å². The smallest absolute Gasteiger partial charge is 0.0345 e. The zero-order chi connectivity index (χ0) is 14.8. The maximum atomic E-state index is 2.55. The summed E-state index contributed by atoms with van der Waals surface area (Å²) in [7, 11) is -0.0601. The van der Waals surface area contributed by atoms with E-state index in [-0.39, 0.29) is 10.9 Å². The Kier molecular flexibility index (Phi) is 4.56. The van der Waals surface area contributed by atoms with Gasteiger partial charge >= 0.3 is 0 Å². The third kappa shape index (κ3) is 3.12. The third-order valence-corrected chi connectivity index (χ3v) is 7.59. The molecule has 2 aromatic rings. The molecule has 1 aromatic heterocycles. The molecular formula is C19H24S2. The first-order valence-corrected chi connectivity index (χ1v) is 10.3. The van der Waals surface area contributed by atoms with Crippen molar-refractivity contribution in [3.63, 3.8) is 0 Å². The second kappa shape index (κ2) is 6.41. The quantitative estimate of drug-likeness (QED) is 0.601. The van der Waals surface area contributed by atoms with Gasteiger partial charge < -0.3 is 0 Å². The van der Waals surface area contributed by atoms with Gasteiger partial charge in [-0.05, 0) is 62.8 Å². The predicted octanol–water partition coefficient (Wildman–Crippen LogP) is 6.46. The van der Waals surface area contributed by atoms with Gasteiger partial charge in [-0.2, -0.15) is 0 Å². The van der Waals surface area contributed by atoms with E-state index in [4.69, 9.17) is 0 Å². The maximum absolute atomic E-state index is 2.55. The van der Waals surface area contributed by atoms with Crippen molar-refractivity contribution in [2.75, 3.05) is 5.75 Å². The SMILES string of the molecule is CCC(C)C1=C[SH](CC(C)c2csc3ccccc23)C=C1. The number of hydrogen-bond acceptors (Lipinski definition) is 1. The van der Waals surface area contributed by atoms with Gasteiger partial charge in [0.1, 0.15) is 0 Å². The van der Waals surface area contributed by atoms with Crippen molar-refractivity contribution in [2.45, 2.75) is 33.1 Å². The van der Waals surface area contributed by atoms with Gasteiger partial charge in [-0.25, -0.2) is 10.9 Å². The second-order valence-electron chi connectivity index (χ2n) is 6.04. The van der Waals surface area contributed by atoms with Crippen LogP contribution in [0.25, 0.3) is 10.1 Å². The van der Waals surface area contributed by atoms with E-state index in [1.165, 1.54) is 27.8 Å². The first kappa shape index (κ1) is 14.9. The zero-order valence-electron chi connectivity index (χ0n) is 13.0. The molecule has 3 unspecified atom stereocenters. The molecule has 0 nitrogen and oxygen atoms in total. The Morgan fingerprint density at radius 3 is 2.76 bits per heavy atom. The van der Waals surface area contributed by atoms with Crippen LogP contribution in [0.2, 0.25) is 0 Å². The molecule has 0 saturated heterocycles. The monoisotopic (exact) mass is 316 g/mol. The molecular weight excluding hydrogens is 292 g/mol. The number of allylic oxidation sites excluding steroid dienone is 2. The minimum atomic E-state index is -0.0601. The molecule has 21 heavy (non-hydrogen) atoms. The average Bonchev–Trinajstić information content (AvgIpc) is 3.12. The van der Waals surface area contributed by atoms with Crippen molar-refractivity contribution in [3.05, 3.63) is 57.7 Å². The summed E-state index contributed by atoms with van der Waals surface area (Å²) in [5.74, 6) is 2.64. The van der Waals surface area contributed by atoms with E-state index in [0.717, 1.165) is 0 Å². The largest absolute Gasteiger partial charge is 0.212 e. The lowest BCUT2D eigenvalue weighted by molar-refractivity contribution is 0.672. The predicted molar refractivity (Wildman–Crippen MR) is 101 cm³/mol. The highest BCUT2D eigenvalue weighted by Crippen LogP contribution is 2.43. The third-order valence-electron chi connectivity index (χ3n) is 4.48. The van der Waals surface area contributed by atoms with Crippen molar-refractivity contribution in [1.29, 1.82) is 0 Å². The fourth-order valence-corrected chi connectivity index (χ4v) is 6.21. The highest BCUT2D eigenvalue weighted by molar-refractivity contribution is 8.22. The van der Waals surface area contributed by atoms with Gasteiger partial charge in [0.2, 0.25) is 0 Å². The van der Waals surface area contributed by atoms with Crippen molar-refractivity contribution in [1.82, 2.24) is 0 Å². The van der Waals surface area contributed by atoms with E-state index >= 15 is 0 Å². The van der Waals surface area contributed by atoms with E-state index in [2.05, 4.69) is 67.3 Å². The van der Waals surface area contributed by atoms with Crippen LogP contribution >= 0.6 is 22.2 Å². The molecule has 2 heteroatoms. The standard InChI is InChI=1S/C19H24S2/c1-4-14(2)16-9-10-21(13-16)12-15(3)18-11-20-19-8-6-5-7-17(18)19/h5-11,13-15,21H,4,12H2,1-3H3. The van der Waals surface area contributed by atoms with Crippen LogP contribution in [-0.4, -0.2) is 5.75 Å². The summed E-state index contributed by atoms with van der Waals surface area (Å²) in [6.45, 7) is 7.00. The summed E-state index contributed by atoms with van der Waals surface area (Å²) in [4.78, 5) is 0. The summed E-state index contributed by atoms with van der Waals surface area (Å²) in [5, 5.41) is 8.83. The van der Waals surface area contributed by atoms with E-state index in [1.807, 2.05) is 11.3 Å². The van der Waals surface area contributed by atoms with Crippen molar-refractivity contribution in [3.8, 4) is 0 Å². The lowest BCUT2D eigenvalue weighted by Crippen LogP contribution is -1.98. The molecule has 0 spiro atoms. The summed E-state index contributed by atoms with van der Waals surface area (Å²) in [5.41, 5.74) is 3.10. The highest BCUT2D eigenvalue weighted by Gasteiger charge is 2.16. The van der Waals surface area contributed by atoms with E-state index < -0.39 is 0 Å². The van der Waals surface area contributed by atoms with E-state index in [0.29, 0.717) is 11.8 Å². The fourth-order valence-electron chi connectivity index (χ4n) is 2.89. The van der Waals surface area contributed by atoms with E-state index in [1.54, 1.807) is 5.57 Å². The molecule has 0 aliphatic carbocycles. The molecule has 1 aliphatic heterocycles. The van der Waals surface area contributed by atoms with Gasteiger partial charge in [-0.3, -0.25) is 0 Å². The average molecular weight is 317 g/mol. The lowest BCUT2D eigenvalue weighted by Gasteiger charge is -2.17. The summed E-state index contributed by atoms with van der Waals surface area (Å²) in [6, 6.07) is 8.80. The molecule has 0 saturated carbocycles. The van der Waals surface area contributed by atoms with Gasteiger partial charge in [0, 0.05) is 4.70 Å². The van der Waals surface area contributed by atoms with Crippen LogP contribution in [0.3, 0.4) is 0 Å². The van der Waals surface area contributed by atoms with Crippen LogP contribution in [0.1, 0.15) is 38.7 Å². The molecule has 0 N–H and O–H groups in total. The molecule has 112 valence electrons. The number of thiol groups is 1. The number of fused-ring (bicyclic) bond motifs is 1. The number of hydrogen-bond donors (Lipinski definition) is 1. The number of thiophene rings is 1. The van der Waals surface area contributed by atoms with Crippen molar-refractivity contribution >= 4 is 32.3 Å². The summed E-state index contributed by atoms with van der Waals surface area (Å²) in [6.07, 6.45) is 3.61. The Bertz CT molecular complexity index is 678. The van der Waals surface area contributed by atoms with Crippen LogP contribution in [-0.2, 0) is 0 Å². The summed E-state index contributed by atoms with van der Waals surface area (Å²) >= 11 is 1.88.